The van der Waals surface area contributed by atoms with Crippen LogP contribution in [-0.2, 0) is 36.2 Å². The van der Waals surface area contributed by atoms with E-state index in [1.807, 2.05) is 42.5 Å². The molecule has 2 aliphatic heterocycles. The van der Waals surface area contributed by atoms with Crippen molar-refractivity contribution in [2.75, 3.05) is 25.4 Å². The summed E-state index contributed by atoms with van der Waals surface area (Å²) in [6.45, 7) is 4.28. The fourth-order valence-electron chi connectivity index (χ4n) is 4.87. The van der Waals surface area contributed by atoms with E-state index in [-0.39, 0.29) is 18.3 Å². The number of hydrogen-bond acceptors (Lipinski definition) is 6. The molecule has 0 radical (unpaired) electrons. The fraction of sp³-hybridized carbons (Fsp3) is 0.462. The van der Waals surface area contributed by atoms with Gasteiger partial charge in [0.25, 0.3) is 0 Å². The largest absolute Gasteiger partial charge is 0.374 e. The lowest BCUT2D eigenvalue weighted by Crippen LogP contribution is -2.59. The summed E-state index contributed by atoms with van der Waals surface area (Å²) in [5, 5.41) is 2.75. The highest BCUT2D eigenvalue weighted by atomic mass is 32.2. The molecule has 0 aromatic heterocycles. The first-order valence-corrected chi connectivity index (χ1v) is 13.5. The first kappa shape index (κ1) is 25.3. The minimum atomic E-state index is -3.33. The van der Waals surface area contributed by atoms with Crippen molar-refractivity contribution in [3.05, 3.63) is 65.7 Å². The summed E-state index contributed by atoms with van der Waals surface area (Å²) in [7, 11) is -3.33. The molecule has 2 aromatic rings. The number of hydrogen-bond donors (Lipinski definition) is 2. The average Bonchev–Trinajstić information content (AvgIpc) is 3.05. The number of fused-ring (bicyclic) bond motifs is 2. The molecule has 0 aliphatic carbocycles. The van der Waals surface area contributed by atoms with E-state index >= 15 is 0 Å². The monoisotopic (exact) mass is 499 g/mol. The first-order chi connectivity index (χ1) is 16.5. The van der Waals surface area contributed by atoms with Crippen LogP contribution in [0.2, 0.25) is 0 Å². The molecule has 1 atom stereocenters. The van der Waals surface area contributed by atoms with Crippen molar-refractivity contribution in [2.24, 2.45) is 5.73 Å². The van der Waals surface area contributed by atoms with Crippen molar-refractivity contribution in [3.8, 4) is 0 Å². The Hall–Kier alpha value is -2.75. The van der Waals surface area contributed by atoms with Gasteiger partial charge in [0.1, 0.15) is 6.04 Å². The zero-order valence-corrected chi connectivity index (χ0v) is 21.0. The number of sulfone groups is 1. The Morgan fingerprint density at radius 2 is 1.71 bits per heavy atom. The molecule has 0 unspecified atom stereocenters. The van der Waals surface area contributed by atoms with Crippen molar-refractivity contribution in [1.29, 1.82) is 0 Å². The lowest BCUT2D eigenvalue weighted by atomic mass is 9.74. The molecule has 1 spiro atoms. The Kier molecular flexibility index (Phi) is 7.04. The van der Waals surface area contributed by atoms with E-state index in [4.69, 9.17) is 10.5 Å². The van der Waals surface area contributed by atoms with Crippen LogP contribution in [0.5, 0.6) is 0 Å². The highest BCUT2D eigenvalue weighted by Crippen LogP contribution is 2.46. The van der Waals surface area contributed by atoms with Crippen LogP contribution in [0.15, 0.2) is 59.5 Å². The number of carbonyl (C=O) groups is 2. The molecule has 0 saturated carbocycles. The molecule has 2 heterocycles. The molecule has 2 aliphatic rings. The van der Waals surface area contributed by atoms with Gasteiger partial charge < -0.3 is 20.7 Å². The molecule has 8 nitrogen and oxygen atoms in total. The number of ether oxygens (including phenoxy) is 1. The van der Waals surface area contributed by atoms with Gasteiger partial charge in [-0.05, 0) is 43.9 Å². The average molecular weight is 500 g/mol. The summed E-state index contributed by atoms with van der Waals surface area (Å²) in [6, 6.07) is 15.9. The number of nitrogens with zero attached hydrogens (tertiary/aromatic N) is 1. The predicted octanol–water partition coefficient (Wildman–Crippen LogP) is 1.77. The summed E-state index contributed by atoms with van der Waals surface area (Å²) >= 11 is 0. The SMILES string of the molecule is CC(C)(N)C(=O)N[C@H](COCc1ccccc1)C(=O)N1CCC2(CC1)CS(=O)(=O)c1ccccc12. The first-order valence-electron chi connectivity index (χ1n) is 11.8. The second kappa shape index (κ2) is 9.72. The van der Waals surface area contributed by atoms with E-state index in [0.29, 0.717) is 37.4 Å². The van der Waals surface area contributed by atoms with Gasteiger partial charge in [0.2, 0.25) is 11.8 Å². The van der Waals surface area contributed by atoms with Gasteiger partial charge in [-0.25, -0.2) is 8.42 Å². The number of piperidine rings is 1. The minimum Gasteiger partial charge on any atom is -0.374 e. The Balaban J connectivity index is 1.45. The minimum absolute atomic E-state index is 0.00834. The maximum atomic E-state index is 13.5. The van der Waals surface area contributed by atoms with Gasteiger partial charge >= 0.3 is 0 Å². The molecule has 188 valence electrons. The van der Waals surface area contributed by atoms with Gasteiger partial charge in [0.15, 0.2) is 9.84 Å². The normalized spacial score (nSPS) is 19.2. The number of likely N-dealkylation sites (tertiary alicyclic amines) is 1. The number of amides is 2. The zero-order chi connectivity index (χ0) is 25.3. The standard InChI is InChI=1S/C26H33N3O5S/c1-25(2,27)24(31)28-21(17-34-16-19-8-4-3-5-9-19)23(30)29-14-12-26(13-15-29)18-35(32,33)22-11-7-6-10-20(22)26/h3-11,21H,12-18,27H2,1-2H3,(H,28,31)/t21-/m1/s1. The van der Waals surface area contributed by atoms with Crippen LogP contribution in [0.4, 0.5) is 0 Å². The molecule has 9 heteroatoms. The van der Waals surface area contributed by atoms with Crippen molar-refractivity contribution in [3.63, 3.8) is 0 Å². The van der Waals surface area contributed by atoms with Crippen molar-refractivity contribution < 1.29 is 22.7 Å². The Morgan fingerprint density at radius 1 is 1.09 bits per heavy atom. The van der Waals surface area contributed by atoms with Gasteiger partial charge in [-0.1, -0.05) is 48.5 Å². The number of rotatable bonds is 7. The quantitative estimate of drug-likeness (QED) is 0.599. The predicted molar refractivity (Wildman–Crippen MR) is 132 cm³/mol. The summed E-state index contributed by atoms with van der Waals surface area (Å²) in [5.41, 5.74) is 6.13. The third-order valence-electron chi connectivity index (χ3n) is 6.88. The van der Waals surface area contributed by atoms with Crippen LogP contribution in [-0.4, -0.2) is 62.2 Å². The molecule has 1 saturated heterocycles. The Bertz CT molecular complexity index is 1180. The summed E-state index contributed by atoms with van der Waals surface area (Å²) < 4.78 is 31.3. The highest BCUT2D eigenvalue weighted by molar-refractivity contribution is 7.91. The Morgan fingerprint density at radius 3 is 2.37 bits per heavy atom. The molecule has 3 N–H and O–H groups in total. The molecule has 2 aromatic carbocycles. The van der Waals surface area contributed by atoms with Gasteiger partial charge in [0, 0.05) is 18.5 Å². The maximum absolute atomic E-state index is 13.5. The van der Waals surface area contributed by atoms with Crippen LogP contribution in [0.1, 0.15) is 37.8 Å². The Labute approximate surface area is 206 Å². The van der Waals surface area contributed by atoms with E-state index in [2.05, 4.69) is 5.32 Å². The summed E-state index contributed by atoms with van der Waals surface area (Å²) in [6.07, 6.45) is 1.09. The van der Waals surface area contributed by atoms with Crippen LogP contribution >= 0.6 is 0 Å². The lowest BCUT2D eigenvalue weighted by molar-refractivity contribution is -0.140. The zero-order valence-electron chi connectivity index (χ0n) is 20.2. The lowest BCUT2D eigenvalue weighted by Gasteiger charge is -2.40. The van der Waals surface area contributed by atoms with Crippen molar-refractivity contribution in [1.82, 2.24) is 10.2 Å². The molecule has 2 amide bonds. The number of carbonyl (C=O) groups excluding carboxylic acids is 2. The molecule has 1 fully saturated rings. The second-order valence-electron chi connectivity index (χ2n) is 10.1. The van der Waals surface area contributed by atoms with Crippen molar-refractivity contribution >= 4 is 21.7 Å². The molecule has 35 heavy (non-hydrogen) atoms. The van der Waals surface area contributed by atoms with Gasteiger partial charge in [0.05, 0.1) is 29.4 Å². The van der Waals surface area contributed by atoms with Crippen LogP contribution in [0, 0.1) is 0 Å². The number of benzene rings is 2. The van der Waals surface area contributed by atoms with Crippen LogP contribution < -0.4 is 11.1 Å². The molecule has 0 bridgehead atoms. The second-order valence-corrected chi connectivity index (χ2v) is 12.1. The van der Waals surface area contributed by atoms with E-state index < -0.39 is 32.7 Å². The molecular formula is C26H33N3O5S. The van der Waals surface area contributed by atoms with E-state index in [1.54, 1.807) is 30.9 Å². The van der Waals surface area contributed by atoms with Crippen LogP contribution in [0.25, 0.3) is 0 Å². The van der Waals surface area contributed by atoms with Gasteiger partial charge in [-0.15, -0.1) is 0 Å². The van der Waals surface area contributed by atoms with Gasteiger partial charge in [-0.2, -0.15) is 0 Å². The maximum Gasteiger partial charge on any atom is 0.247 e. The fourth-order valence-corrected chi connectivity index (χ4v) is 7.10. The highest BCUT2D eigenvalue weighted by Gasteiger charge is 2.49. The number of nitrogens with one attached hydrogen (secondary N) is 1. The van der Waals surface area contributed by atoms with Gasteiger partial charge in [-0.3, -0.25) is 9.59 Å². The summed E-state index contributed by atoms with van der Waals surface area (Å²) in [5.74, 6) is -0.619. The third-order valence-corrected chi connectivity index (χ3v) is 8.84. The van der Waals surface area contributed by atoms with Crippen molar-refractivity contribution in [2.45, 2.75) is 55.2 Å². The van der Waals surface area contributed by atoms with Crippen LogP contribution in [0.3, 0.4) is 0 Å². The van der Waals surface area contributed by atoms with E-state index in [0.717, 1.165) is 11.1 Å². The van der Waals surface area contributed by atoms with E-state index in [9.17, 15) is 18.0 Å². The number of nitrogens with two attached hydrogens (primary N) is 1. The molecule has 4 rings (SSSR count). The molecular weight excluding hydrogens is 466 g/mol. The summed E-state index contributed by atoms with van der Waals surface area (Å²) in [4.78, 5) is 28.1. The van der Waals surface area contributed by atoms with E-state index in [1.165, 1.54) is 0 Å². The topological polar surface area (TPSA) is 119 Å². The third kappa shape index (κ3) is 5.42. The smallest absolute Gasteiger partial charge is 0.247 e.